The third kappa shape index (κ3) is 3.39. The first-order valence-corrected chi connectivity index (χ1v) is 5.92. The molecular formula is C12H18N2O3. The van der Waals surface area contributed by atoms with E-state index >= 15 is 0 Å². The summed E-state index contributed by atoms with van der Waals surface area (Å²) in [7, 11) is 0. The van der Waals surface area contributed by atoms with Gasteiger partial charge in [-0.25, -0.2) is 0 Å². The van der Waals surface area contributed by atoms with Crippen molar-refractivity contribution in [2.45, 2.75) is 0 Å². The quantitative estimate of drug-likeness (QED) is 0.736. The van der Waals surface area contributed by atoms with E-state index in [0.717, 1.165) is 32.7 Å². The first-order valence-electron chi connectivity index (χ1n) is 5.92. The number of ketones is 1. The summed E-state index contributed by atoms with van der Waals surface area (Å²) >= 11 is 0. The van der Waals surface area contributed by atoms with E-state index in [0.29, 0.717) is 12.3 Å². The van der Waals surface area contributed by atoms with Gasteiger partial charge in [0, 0.05) is 32.7 Å². The Morgan fingerprint density at radius 3 is 2.59 bits per heavy atom. The lowest BCUT2D eigenvalue weighted by atomic mass is 10.2. The number of aliphatic hydroxyl groups is 1. The molecule has 17 heavy (non-hydrogen) atoms. The SMILES string of the molecule is O=C(CN1CCN(CCO)CC1)c1ccco1. The van der Waals surface area contributed by atoms with Crippen molar-refractivity contribution < 1.29 is 14.3 Å². The number of hydrogen-bond donors (Lipinski definition) is 1. The Labute approximate surface area is 101 Å². The number of aliphatic hydroxyl groups excluding tert-OH is 1. The molecule has 1 saturated heterocycles. The van der Waals surface area contributed by atoms with Gasteiger partial charge in [0.1, 0.15) is 0 Å². The van der Waals surface area contributed by atoms with Crippen molar-refractivity contribution in [2.24, 2.45) is 0 Å². The molecule has 2 rings (SSSR count). The molecule has 1 N–H and O–H groups in total. The van der Waals surface area contributed by atoms with Gasteiger partial charge < -0.3 is 9.52 Å². The standard InChI is InChI=1S/C12H18N2O3/c15-8-7-13-3-5-14(6-4-13)10-11(16)12-2-1-9-17-12/h1-2,9,15H,3-8,10H2. The lowest BCUT2D eigenvalue weighted by Crippen LogP contribution is -2.48. The van der Waals surface area contributed by atoms with Crippen LogP contribution in [0.3, 0.4) is 0 Å². The van der Waals surface area contributed by atoms with E-state index in [-0.39, 0.29) is 12.4 Å². The van der Waals surface area contributed by atoms with Crippen LogP contribution in [0.25, 0.3) is 0 Å². The number of Topliss-reactive ketones (excluding diaryl/α,β-unsaturated/α-hetero) is 1. The van der Waals surface area contributed by atoms with Gasteiger partial charge >= 0.3 is 0 Å². The van der Waals surface area contributed by atoms with Gasteiger partial charge in [-0.05, 0) is 12.1 Å². The van der Waals surface area contributed by atoms with Crippen LogP contribution in [-0.4, -0.2) is 66.6 Å². The number of hydrogen-bond acceptors (Lipinski definition) is 5. The first-order chi connectivity index (χ1) is 8.29. The summed E-state index contributed by atoms with van der Waals surface area (Å²) < 4.78 is 5.08. The van der Waals surface area contributed by atoms with Gasteiger partial charge in [-0.3, -0.25) is 14.6 Å². The number of furan rings is 1. The number of β-amino-alcohol motifs (C(OH)–C–C–N with tert-alkyl or cyclic N) is 1. The molecule has 0 amide bonds. The Bertz CT molecular complexity index is 343. The second kappa shape index (κ2) is 5.95. The topological polar surface area (TPSA) is 56.9 Å². The Balaban J connectivity index is 1.76. The molecule has 94 valence electrons. The molecule has 2 heterocycles. The van der Waals surface area contributed by atoms with E-state index in [9.17, 15) is 4.79 Å². The molecule has 1 aromatic rings. The summed E-state index contributed by atoms with van der Waals surface area (Å²) in [6, 6.07) is 3.43. The second-order valence-corrected chi connectivity index (χ2v) is 4.24. The van der Waals surface area contributed by atoms with Crippen LogP contribution < -0.4 is 0 Å². The highest BCUT2D eigenvalue weighted by atomic mass is 16.3. The van der Waals surface area contributed by atoms with Crippen LogP contribution in [0.1, 0.15) is 10.6 Å². The van der Waals surface area contributed by atoms with Crippen molar-refractivity contribution in [3.8, 4) is 0 Å². The van der Waals surface area contributed by atoms with E-state index in [4.69, 9.17) is 9.52 Å². The number of nitrogens with zero attached hydrogens (tertiary/aromatic N) is 2. The van der Waals surface area contributed by atoms with Gasteiger partial charge in [0.05, 0.1) is 19.4 Å². The molecule has 1 fully saturated rings. The zero-order valence-corrected chi connectivity index (χ0v) is 9.84. The third-order valence-electron chi connectivity index (χ3n) is 3.04. The predicted molar refractivity (Wildman–Crippen MR) is 63.0 cm³/mol. The molecule has 0 saturated carbocycles. The van der Waals surface area contributed by atoms with Crippen LogP contribution in [0.2, 0.25) is 0 Å². The monoisotopic (exact) mass is 238 g/mol. The Morgan fingerprint density at radius 1 is 1.29 bits per heavy atom. The molecule has 1 aliphatic heterocycles. The van der Waals surface area contributed by atoms with Crippen LogP contribution >= 0.6 is 0 Å². The maximum atomic E-state index is 11.8. The number of piperazine rings is 1. The third-order valence-corrected chi connectivity index (χ3v) is 3.04. The minimum absolute atomic E-state index is 0.0330. The zero-order valence-electron chi connectivity index (χ0n) is 9.84. The highest BCUT2D eigenvalue weighted by molar-refractivity contribution is 5.94. The fourth-order valence-corrected chi connectivity index (χ4v) is 2.03. The molecule has 0 atom stereocenters. The summed E-state index contributed by atoms with van der Waals surface area (Å²) in [5.41, 5.74) is 0. The molecular weight excluding hydrogens is 220 g/mol. The molecule has 0 radical (unpaired) electrons. The Hall–Kier alpha value is -1.17. The van der Waals surface area contributed by atoms with E-state index in [1.807, 2.05) is 0 Å². The number of carbonyl (C=O) groups is 1. The van der Waals surface area contributed by atoms with E-state index in [1.54, 1.807) is 12.1 Å². The van der Waals surface area contributed by atoms with Gasteiger partial charge in [0.25, 0.3) is 0 Å². The van der Waals surface area contributed by atoms with E-state index in [2.05, 4.69) is 9.80 Å². The molecule has 0 aliphatic carbocycles. The molecule has 1 aliphatic rings. The summed E-state index contributed by atoms with van der Waals surface area (Å²) in [4.78, 5) is 16.1. The number of carbonyl (C=O) groups excluding carboxylic acids is 1. The van der Waals surface area contributed by atoms with Crippen LogP contribution in [0.4, 0.5) is 0 Å². The molecule has 0 unspecified atom stereocenters. The second-order valence-electron chi connectivity index (χ2n) is 4.24. The van der Waals surface area contributed by atoms with Crippen LogP contribution in [-0.2, 0) is 0 Å². The van der Waals surface area contributed by atoms with Crippen molar-refractivity contribution in [2.75, 3.05) is 45.9 Å². The van der Waals surface area contributed by atoms with Crippen molar-refractivity contribution in [3.05, 3.63) is 24.2 Å². The first kappa shape index (κ1) is 12.3. The lowest BCUT2D eigenvalue weighted by Gasteiger charge is -2.33. The van der Waals surface area contributed by atoms with Gasteiger partial charge in [0.2, 0.25) is 5.78 Å². The maximum absolute atomic E-state index is 11.8. The Morgan fingerprint density at radius 2 is 2.00 bits per heavy atom. The van der Waals surface area contributed by atoms with E-state index < -0.39 is 0 Å². The molecule has 0 bridgehead atoms. The minimum Gasteiger partial charge on any atom is -0.461 e. The lowest BCUT2D eigenvalue weighted by molar-refractivity contribution is 0.0800. The summed E-state index contributed by atoms with van der Waals surface area (Å²) in [6.07, 6.45) is 1.52. The summed E-state index contributed by atoms with van der Waals surface area (Å²) in [5.74, 6) is 0.466. The fraction of sp³-hybridized carbons (Fsp3) is 0.583. The van der Waals surface area contributed by atoms with Gasteiger partial charge in [-0.15, -0.1) is 0 Å². The van der Waals surface area contributed by atoms with Crippen LogP contribution in [0.5, 0.6) is 0 Å². The minimum atomic E-state index is 0.0330. The predicted octanol–water partition coefficient (Wildman–Crippen LogP) is 0.0722. The van der Waals surface area contributed by atoms with Crippen molar-refractivity contribution >= 4 is 5.78 Å². The average Bonchev–Trinajstić information content (AvgIpc) is 2.86. The van der Waals surface area contributed by atoms with Gasteiger partial charge in [-0.1, -0.05) is 0 Å². The largest absolute Gasteiger partial charge is 0.461 e. The highest BCUT2D eigenvalue weighted by Crippen LogP contribution is 2.06. The Kier molecular flexibility index (Phi) is 4.30. The molecule has 0 spiro atoms. The van der Waals surface area contributed by atoms with Crippen molar-refractivity contribution in [3.63, 3.8) is 0 Å². The fourth-order valence-electron chi connectivity index (χ4n) is 2.03. The van der Waals surface area contributed by atoms with Crippen molar-refractivity contribution in [1.29, 1.82) is 0 Å². The summed E-state index contributed by atoms with van der Waals surface area (Å²) in [6.45, 7) is 4.89. The molecule has 1 aromatic heterocycles. The molecule has 0 aromatic carbocycles. The van der Waals surface area contributed by atoms with Crippen LogP contribution in [0.15, 0.2) is 22.8 Å². The smallest absolute Gasteiger partial charge is 0.211 e. The average molecular weight is 238 g/mol. The van der Waals surface area contributed by atoms with Crippen molar-refractivity contribution in [1.82, 2.24) is 9.80 Å². The molecule has 5 heteroatoms. The maximum Gasteiger partial charge on any atom is 0.211 e. The zero-order chi connectivity index (χ0) is 12.1. The van der Waals surface area contributed by atoms with Gasteiger partial charge in [-0.2, -0.15) is 0 Å². The van der Waals surface area contributed by atoms with Crippen LogP contribution in [0, 0.1) is 0 Å². The number of rotatable bonds is 5. The summed E-state index contributed by atoms with van der Waals surface area (Å²) in [5, 5.41) is 8.83. The van der Waals surface area contributed by atoms with E-state index in [1.165, 1.54) is 6.26 Å². The normalized spacial score (nSPS) is 18.4. The molecule has 5 nitrogen and oxygen atoms in total. The highest BCUT2D eigenvalue weighted by Gasteiger charge is 2.19. The van der Waals surface area contributed by atoms with Gasteiger partial charge in [0.15, 0.2) is 5.76 Å².